The van der Waals surface area contributed by atoms with Crippen LogP contribution in [-0.2, 0) is 16.1 Å². The zero-order valence-electron chi connectivity index (χ0n) is 10.8. The quantitative estimate of drug-likeness (QED) is 0.597. The highest BCUT2D eigenvalue weighted by Gasteiger charge is 2.14. The second-order valence-electron chi connectivity index (χ2n) is 3.98. The Kier molecular flexibility index (Phi) is 13.2. The van der Waals surface area contributed by atoms with E-state index in [2.05, 4.69) is 0 Å². The van der Waals surface area contributed by atoms with E-state index in [4.69, 9.17) is 16.2 Å². The Morgan fingerprint density at radius 1 is 1.16 bits per heavy atom. The van der Waals surface area contributed by atoms with Crippen LogP contribution in [0.3, 0.4) is 0 Å². The molecule has 0 radical (unpaired) electrons. The Morgan fingerprint density at radius 2 is 1.79 bits per heavy atom. The molecule has 0 unspecified atom stereocenters. The molecule has 0 aromatic heterocycles. The van der Waals surface area contributed by atoms with E-state index in [1.165, 1.54) is 0 Å². The van der Waals surface area contributed by atoms with Gasteiger partial charge in [-0.25, -0.2) is 0 Å². The minimum absolute atomic E-state index is 0. The van der Waals surface area contributed by atoms with E-state index in [1.807, 2.05) is 30.3 Å². The Morgan fingerprint density at radius 3 is 2.37 bits per heavy atom. The average molecular weight is 309 g/mol. The van der Waals surface area contributed by atoms with Crippen molar-refractivity contribution < 1.29 is 9.53 Å². The third-order valence-electron chi connectivity index (χ3n) is 2.50. The summed E-state index contributed by atoms with van der Waals surface area (Å²) in [6.45, 7) is 0.913. The molecule has 0 fully saturated rings. The van der Waals surface area contributed by atoms with Gasteiger partial charge in [-0.15, -0.1) is 24.8 Å². The van der Waals surface area contributed by atoms with Crippen LogP contribution in [0.5, 0.6) is 0 Å². The van der Waals surface area contributed by atoms with E-state index in [0.29, 0.717) is 13.0 Å². The highest BCUT2D eigenvalue weighted by atomic mass is 35.5. The van der Waals surface area contributed by atoms with E-state index in [1.54, 1.807) is 0 Å². The van der Waals surface area contributed by atoms with Crippen LogP contribution in [0.1, 0.15) is 24.8 Å². The van der Waals surface area contributed by atoms with Gasteiger partial charge in [-0.2, -0.15) is 0 Å². The number of hydrogen-bond donors (Lipinski definition) is 2. The molecule has 4 nitrogen and oxygen atoms in total. The Balaban J connectivity index is 0. The first-order chi connectivity index (χ1) is 8.24. The lowest BCUT2D eigenvalue weighted by Gasteiger charge is -2.11. The molecule has 0 saturated heterocycles. The van der Waals surface area contributed by atoms with Crippen molar-refractivity contribution in [1.29, 1.82) is 0 Å². The second kappa shape index (κ2) is 12.2. The van der Waals surface area contributed by atoms with Crippen LogP contribution in [-0.4, -0.2) is 18.6 Å². The first kappa shape index (κ1) is 20.5. The van der Waals surface area contributed by atoms with E-state index in [0.717, 1.165) is 18.4 Å². The highest BCUT2D eigenvalue weighted by Crippen LogP contribution is 2.04. The number of nitrogens with two attached hydrogens (primary N) is 2. The van der Waals surface area contributed by atoms with Crippen LogP contribution in [0.4, 0.5) is 0 Å². The van der Waals surface area contributed by atoms with Gasteiger partial charge >= 0.3 is 5.97 Å². The van der Waals surface area contributed by atoms with Crippen molar-refractivity contribution in [3.05, 3.63) is 35.9 Å². The predicted molar refractivity (Wildman–Crippen MR) is 81.6 cm³/mol. The van der Waals surface area contributed by atoms with Crippen LogP contribution in [0, 0.1) is 0 Å². The van der Waals surface area contributed by atoms with Crippen LogP contribution < -0.4 is 11.5 Å². The van der Waals surface area contributed by atoms with Gasteiger partial charge in [0.1, 0.15) is 12.6 Å². The van der Waals surface area contributed by atoms with Crippen LogP contribution in [0.15, 0.2) is 30.3 Å². The summed E-state index contributed by atoms with van der Waals surface area (Å²) < 4.78 is 5.13. The van der Waals surface area contributed by atoms with Gasteiger partial charge in [-0.1, -0.05) is 36.8 Å². The molecule has 0 amide bonds. The Labute approximate surface area is 126 Å². The summed E-state index contributed by atoms with van der Waals surface area (Å²) in [5.41, 5.74) is 12.0. The number of halogens is 2. The average Bonchev–Trinajstić information content (AvgIpc) is 2.37. The molecule has 0 saturated carbocycles. The van der Waals surface area contributed by atoms with Gasteiger partial charge in [0.15, 0.2) is 0 Å². The third-order valence-corrected chi connectivity index (χ3v) is 2.50. The van der Waals surface area contributed by atoms with Gasteiger partial charge in [0.2, 0.25) is 0 Å². The Hall–Kier alpha value is -0.810. The van der Waals surface area contributed by atoms with Gasteiger partial charge in [0.05, 0.1) is 0 Å². The summed E-state index contributed by atoms with van der Waals surface area (Å²) in [6, 6.07) is 9.02. The van der Waals surface area contributed by atoms with Gasteiger partial charge in [-0.3, -0.25) is 4.79 Å². The summed E-state index contributed by atoms with van der Waals surface area (Å²) in [7, 11) is 0. The lowest BCUT2D eigenvalue weighted by atomic mass is 10.1. The van der Waals surface area contributed by atoms with Crippen molar-refractivity contribution in [3.63, 3.8) is 0 Å². The minimum Gasteiger partial charge on any atom is -0.460 e. The zero-order chi connectivity index (χ0) is 12.5. The molecule has 1 aromatic carbocycles. The molecule has 0 aliphatic heterocycles. The normalized spacial score (nSPS) is 10.8. The molecule has 0 spiro atoms. The number of carbonyl (C=O) groups is 1. The van der Waals surface area contributed by atoms with Gasteiger partial charge < -0.3 is 16.2 Å². The molecule has 110 valence electrons. The van der Waals surface area contributed by atoms with Crippen LogP contribution >= 0.6 is 24.8 Å². The molecule has 1 rings (SSSR count). The monoisotopic (exact) mass is 308 g/mol. The smallest absolute Gasteiger partial charge is 0.323 e. The van der Waals surface area contributed by atoms with Crippen molar-refractivity contribution >= 4 is 30.8 Å². The predicted octanol–water partition coefficient (Wildman–Crippen LogP) is 2.03. The third kappa shape index (κ3) is 8.83. The van der Waals surface area contributed by atoms with E-state index in [9.17, 15) is 4.79 Å². The molecule has 0 heterocycles. The van der Waals surface area contributed by atoms with Crippen molar-refractivity contribution in [1.82, 2.24) is 0 Å². The molecular weight excluding hydrogens is 287 g/mol. The van der Waals surface area contributed by atoms with E-state index in [-0.39, 0.29) is 37.4 Å². The molecule has 0 aliphatic rings. The van der Waals surface area contributed by atoms with Crippen LogP contribution in [0.25, 0.3) is 0 Å². The van der Waals surface area contributed by atoms with E-state index >= 15 is 0 Å². The summed E-state index contributed by atoms with van der Waals surface area (Å²) in [4.78, 5) is 11.5. The summed E-state index contributed by atoms with van der Waals surface area (Å²) in [6.07, 6.45) is 2.38. The summed E-state index contributed by atoms with van der Waals surface area (Å²) in [5, 5.41) is 0. The largest absolute Gasteiger partial charge is 0.460 e. The maximum Gasteiger partial charge on any atom is 0.323 e. The maximum atomic E-state index is 11.5. The fourth-order valence-corrected chi connectivity index (χ4v) is 1.46. The zero-order valence-corrected chi connectivity index (χ0v) is 12.4. The summed E-state index contributed by atoms with van der Waals surface area (Å²) in [5.74, 6) is -0.342. The van der Waals surface area contributed by atoms with Crippen molar-refractivity contribution in [2.45, 2.75) is 31.9 Å². The van der Waals surface area contributed by atoms with Gasteiger partial charge in [0, 0.05) is 0 Å². The fourth-order valence-electron chi connectivity index (χ4n) is 1.46. The summed E-state index contributed by atoms with van der Waals surface area (Å²) >= 11 is 0. The van der Waals surface area contributed by atoms with Gasteiger partial charge in [0.25, 0.3) is 0 Å². The lowest BCUT2D eigenvalue weighted by Crippen LogP contribution is -2.32. The van der Waals surface area contributed by atoms with Crippen LogP contribution in [0.2, 0.25) is 0 Å². The molecule has 1 aromatic rings. The standard InChI is InChI=1S/C13H20N2O2.2ClH/c14-9-5-4-8-12(15)13(16)17-10-11-6-2-1-3-7-11;;/h1-3,6-7,12H,4-5,8-10,14-15H2;2*1H/t12-;;/m1../s1. The number of benzene rings is 1. The van der Waals surface area contributed by atoms with E-state index < -0.39 is 6.04 Å². The Bertz CT molecular complexity index is 337. The molecular formula is C13H22Cl2N2O2. The first-order valence-electron chi connectivity index (χ1n) is 5.90. The number of esters is 1. The topological polar surface area (TPSA) is 78.3 Å². The van der Waals surface area contributed by atoms with Crippen molar-refractivity contribution in [3.8, 4) is 0 Å². The molecule has 0 bridgehead atoms. The fraction of sp³-hybridized carbons (Fsp3) is 0.462. The first-order valence-corrected chi connectivity index (χ1v) is 5.90. The number of unbranched alkanes of at least 4 members (excludes halogenated alkanes) is 1. The molecule has 4 N–H and O–H groups in total. The molecule has 0 aliphatic carbocycles. The SMILES string of the molecule is Cl.Cl.NCCCC[C@@H](N)C(=O)OCc1ccccc1. The van der Waals surface area contributed by atoms with Gasteiger partial charge in [-0.05, 0) is 24.9 Å². The lowest BCUT2D eigenvalue weighted by molar-refractivity contribution is -0.146. The number of hydrogen-bond acceptors (Lipinski definition) is 4. The molecule has 1 atom stereocenters. The highest BCUT2D eigenvalue weighted by molar-refractivity contribution is 5.85. The number of rotatable bonds is 7. The van der Waals surface area contributed by atoms with Crippen molar-refractivity contribution in [2.24, 2.45) is 11.5 Å². The molecule has 6 heteroatoms. The van der Waals surface area contributed by atoms with Crippen molar-refractivity contribution in [2.75, 3.05) is 6.54 Å². The number of carbonyl (C=O) groups excluding carboxylic acids is 1. The maximum absolute atomic E-state index is 11.5. The number of ether oxygens (including phenoxy) is 1. The second-order valence-corrected chi connectivity index (χ2v) is 3.98. The molecule has 19 heavy (non-hydrogen) atoms. The minimum atomic E-state index is -0.537.